The maximum atomic E-state index is 14.6. The normalized spacial score (nSPS) is 17.9. The number of piperazine rings is 1. The van der Waals surface area contributed by atoms with Gasteiger partial charge in [-0.15, -0.1) is 6.58 Å². The fraction of sp³-hybridized carbons (Fsp3) is 0.244. The molecule has 5 aromatic rings. The van der Waals surface area contributed by atoms with Crippen molar-refractivity contribution in [1.29, 1.82) is 0 Å². The van der Waals surface area contributed by atoms with E-state index in [9.17, 15) is 27.9 Å². The molecular formula is C41H42N6O6S. The summed E-state index contributed by atoms with van der Waals surface area (Å²) in [5, 5.41) is 17.1. The highest BCUT2D eigenvalue weighted by atomic mass is 32.2. The summed E-state index contributed by atoms with van der Waals surface area (Å²) < 4.78 is 26.2. The molecule has 12 nitrogen and oxygen atoms in total. The molecule has 1 unspecified atom stereocenters. The number of para-hydroxylation sites is 1. The Hall–Kier alpha value is -5.92. The summed E-state index contributed by atoms with van der Waals surface area (Å²) in [7, 11) is -1.42. The number of aromatic nitrogens is 1. The lowest BCUT2D eigenvalue weighted by molar-refractivity contribution is -0.189. The molecule has 2 aliphatic heterocycles. The molecule has 2 atom stereocenters. The number of carbonyl (C=O) groups excluding carboxylic acids is 3. The first-order chi connectivity index (χ1) is 25.9. The highest BCUT2D eigenvalue weighted by Crippen LogP contribution is 2.35. The minimum Gasteiger partial charge on any atom is -0.508 e. The third kappa shape index (κ3) is 7.20. The van der Waals surface area contributed by atoms with Crippen LogP contribution < -0.4 is 5.32 Å². The number of rotatable bonds is 10. The Morgan fingerprint density at radius 3 is 2.35 bits per heavy atom. The van der Waals surface area contributed by atoms with E-state index in [-0.39, 0.29) is 61.6 Å². The van der Waals surface area contributed by atoms with Crippen molar-refractivity contribution in [2.75, 3.05) is 25.9 Å². The Morgan fingerprint density at radius 2 is 1.67 bits per heavy atom. The summed E-state index contributed by atoms with van der Waals surface area (Å²) in [5.41, 5.74) is 5.20. The molecule has 54 heavy (non-hydrogen) atoms. The average molecular weight is 747 g/mol. The van der Waals surface area contributed by atoms with Gasteiger partial charge in [0.2, 0.25) is 11.8 Å². The molecule has 0 aliphatic carbocycles. The maximum Gasteiger partial charge on any atom is 0.334 e. The molecule has 278 valence electrons. The number of nitrogens with zero attached hydrogens (tertiary/aromatic N) is 5. The number of amides is 4. The van der Waals surface area contributed by atoms with Crippen LogP contribution in [0.3, 0.4) is 0 Å². The highest BCUT2D eigenvalue weighted by Gasteiger charge is 2.51. The third-order valence-electron chi connectivity index (χ3n) is 10.1. The van der Waals surface area contributed by atoms with Crippen LogP contribution >= 0.6 is 0 Å². The Kier molecular flexibility index (Phi) is 10.0. The summed E-state index contributed by atoms with van der Waals surface area (Å²) in [5.74, 6) is -0.441. The highest BCUT2D eigenvalue weighted by molar-refractivity contribution is 7.90. The predicted molar refractivity (Wildman–Crippen MR) is 205 cm³/mol. The molecule has 0 saturated carbocycles. The van der Waals surface area contributed by atoms with Crippen LogP contribution in [0.2, 0.25) is 0 Å². The van der Waals surface area contributed by atoms with E-state index in [1.807, 2.05) is 66.3 Å². The number of benzene rings is 4. The SMILES string of the molecule is C=CCN1CC(=O)N2C(CN(Cc3cccc4c(-c5ccc(S(C)(=O)=O)cc5)cn(C)c34)C(=O)[C@@H]2Cc2ccc(O)cc2)N1C(=O)NCc1ccccc1. The summed E-state index contributed by atoms with van der Waals surface area (Å²) in [6, 6.07) is 27.5. The van der Waals surface area contributed by atoms with Crippen molar-refractivity contribution in [3.63, 3.8) is 0 Å². The topological polar surface area (TPSA) is 136 Å². The van der Waals surface area contributed by atoms with Gasteiger partial charge >= 0.3 is 6.03 Å². The van der Waals surface area contributed by atoms with Crippen LogP contribution in [0, 0.1) is 0 Å². The molecule has 3 heterocycles. The Bertz CT molecular complexity index is 2330. The number of hydrazine groups is 1. The average Bonchev–Trinajstić information content (AvgIpc) is 3.50. The van der Waals surface area contributed by atoms with Gasteiger partial charge in [-0.1, -0.05) is 78.9 Å². The first-order valence-corrected chi connectivity index (χ1v) is 19.5. The Labute approximate surface area is 314 Å². The Balaban J connectivity index is 1.26. The van der Waals surface area contributed by atoms with E-state index in [1.165, 1.54) is 6.26 Å². The third-order valence-corrected chi connectivity index (χ3v) is 11.2. The molecular weight excluding hydrogens is 705 g/mol. The van der Waals surface area contributed by atoms with Crippen molar-refractivity contribution >= 4 is 38.6 Å². The van der Waals surface area contributed by atoms with E-state index in [0.717, 1.165) is 38.7 Å². The van der Waals surface area contributed by atoms with Gasteiger partial charge in [-0.3, -0.25) is 9.59 Å². The second-order valence-electron chi connectivity index (χ2n) is 13.8. The largest absolute Gasteiger partial charge is 0.508 e. The molecule has 4 aromatic carbocycles. The number of aryl methyl sites for hydroxylation is 1. The van der Waals surface area contributed by atoms with Gasteiger partial charge in [0.1, 0.15) is 18.0 Å². The number of nitrogens with one attached hydrogen (secondary N) is 1. The predicted octanol–water partition coefficient (Wildman–Crippen LogP) is 4.69. The minimum absolute atomic E-state index is 0.0592. The molecule has 2 saturated heterocycles. The molecule has 0 radical (unpaired) electrons. The summed E-state index contributed by atoms with van der Waals surface area (Å²) in [6.07, 6.45) is 4.17. The number of fused-ring (bicyclic) bond motifs is 2. The molecule has 13 heteroatoms. The molecule has 7 rings (SSSR count). The lowest BCUT2D eigenvalue weighted by atomic mass is 9.97. The second kappa shape index (κ2) is 14.8. The number of sulfone groups is 1. The zero-order valence-electron chi connectivity index (χ0n) is 30.1. The fourth-order valence-corrected chi connectivity index (χ4v) is 8.18. The molecule has 1 aromatic heterocycles. The van der Waals surface area contributed by atoms with Crippen molar-refractivity contribution in [3.8, 4) is 16.9 Å². The first kappa shape index (κ1) is 36.4. The number of carbonyl (C=O) groups is 3. The molecule has 2 N–H and O–H groups in total. The summed E-state index contributed by atoms with van der Waals surface area (Å²) in [6.45, 7) is 4.52. The van der Waals surface area contributed by atoms with Crippen LogP contribution in [-0.2, 0) is 46.0 Å². The number of phenols is 1. The van der Waals surface area contributed by atoms with E-state index >= 15 is 0 Å². The quantitative estimate of drug-likeness (QED) is 0.198. The number of hydrogen-bond acceptors (Lipinski definition) is 7. The van der Waals surface area contributed by atoms with Crippen LogP contribution in [0.1, 0.15) is 16.7 Å². The fourth-order valence-electron chi connectivity index (χ4n) is 7.55. The Morgan fingerprint density at radius 1 is 0.944 bits per heavy atom. The summed E-state index contributed by atoms with van der Waals surface area (Å²) in [4.78, 5) is 46.3. The first-order valence-electron chi connectivity index (χ1n) is 17.6. The number of aromatic hydroxyl groups is 1. The van der Waals surface area contributed by atoms with Gasteiger partial charge in [0.15, 0.2) is 9.84 Å². The maximum absolute atomic E-state index is 14.6. The van der Waals surface area contributed by atoms with Crippen LogP contribution in [0.5, 0.6) is 5.75 Å². The number of hydrogen-bond donors (Lipinski definition) is 2. The van der Waals surface area contributed by atoms with E-state index in [1.54, 1.807) is 74.4 Å². The minimum atomic E-state index is -3.35. The van der Waals surface area contributed by atoms with Crippen molar-refractivity contribution in [2.45, 2.75) is 36.6 Å². The second-order valence-corrected chi connectivity index (χ2v) is 15.8. The van der Waals surface area contributed by atoms with Crippen molar-refractivity contribution in [2.24, 2.45) is 7.05 Å². The number of urea groups is 1. The molecule has 2 aliphatic rings. The van der Waals surface area contributed by atoms with E-state index in [2.05, 4.69) is 11.9 Å². The van der Waals surface area contributed by atoms with Crippen molar-refractivity contribution in [1.82, 2.24) is 29.7 Å². The van der Waals surface area contributed by atoms with E-state index in [4.69, 9.17) is 0 Å². The smallest absolute Gasteiger partial charge is 0.334 e. The lowest BCUT2D eigenvalue weighted by Gasteiger charge is -2.55. The monoisotopic (exact) mass is 746 g/mol. The van der Waals surface area contributed by atoms with Gasteiger partial charge < -0.3 is 24.8 Å². The van der Waals surface area contributed by atoms with Crippen LogP contribution in [0.25, 0.3) is 22.0 Å². The van der Waals surface area contributed by atoms with Crippen molar-refractivity contribution in [3.05, 3.63) is 133 Å². The summed E-state index contributed by atoms with van der Waals surface area (Å²) >= 11 is 0. The van der Waals surface area contributed by atoms with E-state index in [0.29, 0.717) is 0 Å². The van der Waals surface area contributed by atoms with Gasteiger partial charge in [0, 0.05) is 56.5 Å². The van der Waals surface area contributed by atoms with Gasteiger partial charge in [-0.2, -0.15) is 0 Å². The van der Waals surface area contributed by atoms with Gasteiger partial charge in [-0.05, 0) is 46.5 Å². The molecule has 0 spiro atoms. The molecule has 0 bridgehead atoms. The van der Waals surface area contributed by atoms with Gasteiger partial charge in [0.25, 0.3) is 0 Å². The zero-order valence-corrected chi connectivity index (χ0v) is 30.9. The number of phenolic OH excluding ortho intramolecular Hbond substituents is 1. The van der Waals surface area contributed by atoms with Crippen molar-refractivity contribution < 1.29 is 27.9 Å². The standard InChI is InChI=1S/C41H42N6O6S/c1-4-21-45-27-38(49)46-36(22-28-13-17-32(48)18-14-28)40(50)44(26-37(46)47(45)41(51)42-23-29-9-6-5-7-10-29)24-31-11-8-12-34-35(25-43(2)39(31)34)30-15-19-33(20-16-30)54(3,52)53/h4-20,25,36-37,48H,1,21-24,26-27H2,2-3H3,(H,42,51)/t36-,37?/m0/s1. The van der Waals surface area contributed by atoms with Crippen LogP contribution in [0.15, 0.2) is 121 Å². The van der Waals surface area contributed by atoms with Gasteiger partial charge in [0.05, 0.1) is 23.5 Å². The van der Waals surface area contributed by atoms with Crippen LogP contribution in [-0.4, -0.2) is 93.9 Å². The van der Waals surface area contributed by atoms with E-state index < -0.39 is 28.1 Å². The lowest BCUT2D eigenvalue weighted by Crippen LogP contribution is -2.76. The van der Waals surface area contributed by atoms with Gasteiger partial charge in [-0.25, -0.2) is 23.2 Å². The van der Waals surface area contributed by atoms with Crippen LogP contribution in [0.4, 0.5) is 4.79 Å². The molecule has 2 fully saturated rings. The zero-order chi connectivity index (χ0) is 38.1. The molecule has 4 amide bonds.